The summed E-state index contributed by atoms with van der Waals surface area (Å²) in [6, 6.07) is 5.97. The lowest BCUT2D eigenvalue weighted by molar-refractivity contribution is 0.235. The van der Waals surface area contributed by atoms with Crippen LogP contribution in [0.25, 0.3) is 0 Å². The third-order valence-corrected chi connectivity index (χ3v) is 5.45. The SMILES string of the molecule is CC1(C)CCCC1Nc1ccccc1S(=O)(=O)C(F)F. The third kappa shape index (κ3) is 2.80. The second-order valence-corrected chi connectivity index (χ2v) is 7.77. The molecule has 20 heavy (non-hydrogen) atoms. The van der Waals surface area contributed by atoms with Crippen LogP contribution in [0, 0.1) is 5.41 Å². The maximum Gasteiger partial charge on any atom is 0.341 e. The highest BCUT2D eigenvalue weighted by atomic mass is 32.2. The van der Waals surface area contributed by atoms with Crippen LogP contribution in [0.1, 0.15) is 33.1 Å². The van der Waals surface area contributed by atoms with Crippen LogP contribution >= 0.6 is 0 Å². The molecule has 0 aliphatic heterocycles. The zero-order valence-corrected chi connectivity index (χ0v) is 12.4. The molecular weight excluding hydrogens is 284 g/mol. The number of nitrogens with one attached hydrogen (secondary N) is 1. The summed E-state index contributed by atoms with van der Waals surface area (Å²) in [5, 5.41) is 3.15. The van der Waals surface area contributed by atoms with Crippen molar-refractivity contribution in [2.24, 2.45) is 5.41 Å². The number of anilines is 1. The quantitative estimate of drug-likeness (QED) is 0.923. The number of para-hydroxylation sites is 1. The van der Waals surface area contributed by atoms with Crippen LogP contribution in [0.15, 0.2) is 29.2 Å². The largest absolute Gasteiger partial charge is 0.381 e. The fourth-order valence-electron chi connectivity index (χ4n) is 2.71. The first-order chi connectivity index (χ1) is 9.25. The molecule has 1 aromatic carbocycles. The zero-order valence-electron chi connectivity index (χ0n) is 11.6. The predicted octanol–water partition coefficient (Wildman–Crippen LogP) is 3.67. The van der Waals surface area contributed by atoms with Crippen LogP contribution in [-0.4, -0.2) is 20.2 Å². The van der Waals surface area contributed by atoms with Gasteiger partial charge in [0.05, 0.1) is 10.6 Å². The number of halogens is 2. The Kier molecular flexibility index (Phi) is 4.04. The lowest BCUT2D eigenvalue weighted by Crippen LogP contribution is -2.31. The van der Waals surface area contributed by atoms with E-state index in [0.717, 1.165) is 19.3 Å². The molecule has 1 aliphatic carbocycles. The molecular formula is C14H19F2NO2S. The summed E-state index contributed by atoms with van der Waals surface area (Å²) in [6.07, 6.45) is 3.00. The normalized spacial score (nSPS) is 22.1. The van der Waals surface area contributed by atoms with Gasteiger partial charge in [0.15, 0.2) is 0 Å². The highest BCUT2D eigenvalue weighted by Crippen LogP contribution is 2.40. The fraction of sp³-hybridized carbons (Fsp3) is 0.571. The van der Waals surface area contributed by atoms with Gasteiger partial charge < -0.3 is 5.32 Å². The van der Waals surface area contributed by atoms with Crippen molar-refractivity contribution in [2.45, 2.75) is 49.8 Å². The van der Waals surface area contributed by atoms with Gasteiger partial charge in [-0.05, 0) is 30.4 Å². The molecule has 1 unspecified atom stereocenters. The van der Waals surface area contributed by atoms with Gasteiger partial charge in [-0.25, -0.2) is 8.42 Å². The molecule has 0 amide bonds. The van der Waals surface area contributed by atoms with Gasteiger partial charge in [0.2, 0.25) is 9.84 Å². The zero-order chi connectivity index (χ0) is 15.0. The Morgan fingerprint density at radius 1 is 1.30 bits per heavy atom. The number of hydrogen-bond acceptors (Lipinski definition) is 3. The Hall–Kier alpha value is -1.17. The van der Waals surface area contributed by atoms with Crippen LogP contribution in [0.2, 0.25) is 0 Å². The Bertz CT molecular complexity index is 585. The third-order valence-electron chi connectivity index (χ3n) is 4.02. The molecule has 1 fully saturated rings. The van der Waals surface area contributed by atoms with E-state index in [1.54, 1.807) is 12.1 Å². The van der Waals surface area contributed by atoms with Crippen molar-refractivity contribution in [2.75, 3.05) is 5.32 Å². The molecule has 2 rings (SSSR count). The van der Waals surface area contributed by atoms with Crippen molar-refractivity contribution in [3.8, 4) is 0 Å². The van der Waals surface area contributed by atoms with E-state index < -0.39 is 15.6 Å². The molecule has 1 aliphatic rings. The number of alkyl halides is 2. The summed E-state index contributed by atoms with van der Waals surface area (Å²) >= 11 is 0. The van der Waals surface area contributed by atoms with Crippen molar-refractivity contribution in [3.05, 3.63) is 24.3 Å². The summed E-state index contributed by atoms with van der Waals surface area (Å²) in [5.41, 5.74) is 0.301. The summed E-state index contributed by atoms with van der Waals surface area (Å²) in [6.45, 7) is 4.20. The Labute approximate surface area is 118 Å². The molecule has 6 heteroatoms. The van der Waals surface area contributed by atoms with E-state index in [1.165, 1.54) is 12.1 Å². The van der Waals surface area contributed by atoms with Crippen molar-refractivity contribution in [3.63, 3.8) is 0 Å². The standard InChI is InChI=1S/C14H19F2NO2S/c1-14(2)9-5-8-12(14)17-10-6-3-4-7-11(10)20(18,19)13(15)16/h3-4,6-7,12-13,17H,5,8-9H2,1-2H3. The maximum absolute atomic E-state index is 12.7. The number of benzene rings is 1. The average Bonchev–Trinajstić information content (AvgIpc) is 2.69. The van der Waals surface area contributed by atoms with Crippen molar-refractivity contribution < 1.29 is 17.2 Å². The Balaban J connectivity index is 2.35. The molecule has 0 radical (unpaired) electrons. The van der Waals surface area contributed by atoms with E-state index >= 15 is 0 Å². The smallest absolute Gasteiger partial charge is 0.341 e. The molecule has 1 aromatic rings. The molecule has 0 aromatic heterocycles. The van der Waals surface area contributed by atoms with E-state index in [0.29, 0.717) is 0 Å². The fourth-order valence-corrected chi connectivity index (χ4v) is 3.61. The van der Waals surface area contributed by atoms with Gasteiger partial charge in [-0.3, -0.25) is 0 Å². The second kappa shape index (κ2) is 5.31. The maximum atomic E-state index is 12.7. The molecule has 0 saturated heterocycles. The van der Waals surface area contributed by atoms with E-state index in [2.05, 4.69) is 19.2 Å². The lowest BCUT2D eigenvalue weighted by Gasteiger charge is -2.29. The first-order valence-electron chi connectivity index (χ1n) is 6.63. The first kappa shape index (κ1) is 15.2. The van der Waals surface area contributed by atoms with Gasteiger partial charge in [-0.15, -0.1) is 0 Å². The summed E-state index contributed by atoms with van der Waals surface area (Å²) in [7, 11) is -4.58. The predicted molar refractivity (Wildman–Crippen MR) is 74.7 cm³/mol. The first-order valence-corrected chi connectivity index (χ1v) is 8.17. The molecule has 112 valence electrons. The Morgan fingerprint density at radius 2 is 1.95 bits per heavy atom. The van der Waals surface area contributed by atoms with Gasteiger partial charge in [-0.1, -0.05) is 32.4 Å². The van der Waals surface area contributed by atoms with E-state index in [-0.39, 0.29) is 22.0 Å². The van der Waals surface area contributed by atoms with E-state index in [9.17, 15) is 17.2 Å². The minimum absolute atomic E-state index is 0.0295. The van der Waals surface area contributed by atoms with Crippen LogP contribution in [-0.2, 0) is 9.84 Å². The topological polar surface area (TPSA) is 46.2 Å². The van der Waals surface area contributed by atoms with Crippen LogP contribution in [0.3, 0.4) is 0 Å². The average molecular weight is 303 g/mol. The monoisotopic (exact) mass is 303 g/mol. The molecule has 0 bridgehead atoms. The molecule has 0 heterocycles. The molecule has 0 spiro atoms. The highest BCUT2D eigenvalue weighted by Gasteiger charge is 2.36. The molecule has 1 atom stereocenters. The van der Waals surface area contributed by atoms with E-state index in [1.807, 2.05) is 0 Å². The highest BCUT2D eigenvalue weighted by molar-refractivity contribution is 7.91. The van der Waals surface area contributed by atoms with Crippen molar-refractivity contribution in [1.29, 1.82) is 0 Å². The minimum Gasteiger partial charge on any atom is -0.381 e. The summed E-state index contributed by atoms with van der Waals surface area (Å²) in [5.74, 6) is -3.40. The minimum atomic E-state index is -4.58. The summed E-state index contributed by atoms with van der Waals surface area (Å²) < 4.78 is 48.9. The van der Waals surface area contributed by atoms with Gasteiger partial charge in [0, 0.05) is 6.04 Å². The molecule has 3 nitrogen and oxygen atoms in total. The lowest BCUT2D eigenvalue weighted by atomic mass is 9.87. The van der Waals surface area contributed by atoms with Crippen LogP contribution < -0.4 is 5.32 Å². The Morgan fingerprint density at radius 3 is 2.50 bits per heavy atom. The molecule has 1 N–H and O–H groups in total. The number of rotatable bonds is 4. The van der Waals surface area contributed by atoms with Crippen molar-refractivity contribution >= 4 is 15.5 Å². The van der Waals surface area contributed by atoms with Crippen molar-refractivity contribution in [1.82, 2.24) is 0 Å². The number of hydrogen-bond donors (Lipinski definition) is 1. The van der Waals surface area contributed by atoms with E-state index in [4.69, 9.17) is 0 Å². The van der Waals surface area contributed by atoms with Gasteiger partial charge in [0.1, 0.15) is 0 Å². The van der Waals surface area contributed by atoms with Gasteiger partial charge in [-0.2, -0.15) is 8.78 Å². The summed E-state index contributed by atoms with van der Waals surface area (Å²) in [4.78, 5) is -0.322. The van der Waals surface area contributed by atoms with Gasteiger partial charge >= 0.3 is 5.76 Å². The van der Waals surface area contributed by atoms with Gasteiger partial charge in [0.25, 0.3) is 0 Å². The van der Waals surface area contributed by atoms with Crippen LogP contribution in [0.4, 0.5) is 14.5 Å². The van der Waals surface area contributed by atoms with Crippen LogP contribution in [0.5, 0.6) is 0 Å². The second-order valence-electron chi connectivity index (χ2n) is 5.88. The molecule has 1 saturated carbocycles. The number of sulfone groups is 1.